The smallest absolute Gasteiger partial charge is 0.150 e. The highest BCUT2D eigenvalue weighted by atomic mass is 16.5. The van der Waals surface area contributed by atoms with Crippen molar-refractivity contribution in [1.29, 1.82) is 0 Å². The fraction of sp³-hybridized carbons (Fsp3) is 0.250. The molecule has 152 valence electrons. The van der Waals surface area contributed by atoms with Crippen LogP contribution in [0.2, 0.25) is 0 Å². The zero-order chi connectivity index (χ0) is 20.2. The van der Waals surface area contributed by atoms with Gasteiger partial charge in [0.15, 0.2) is 5.65 Å². The minimum atomic E-state index is 0.815. The quantitative estimate of drug-likeness (QED) is 0.534. The lowest BCUT2D eigenvalue weighted by Crippen LogP contribution is -2.39. The van der Waals surface area contributed by atoms with Crippen LogP contribution in [0.15, 0.2) is 73.2 Å². The number of nitrogens with one attached hydrogen (secondary N) is 1. The molecule has 6 nitrogen and oxygen atoms in total. The van der Waals surface area contributed by atoms with E-state index in [9.17, 15) is 0 Å². The number of ether oxygens (including phenoxy) is 1. The minimum Gasteiger partial charge on any atom is -0.379 e. The van der Waals surface area contributed by atoms with Gasteiger partial charge in [-0.05, 0) is 17.7 Å². The van der Waals surface area contributed by atoms with E-state index in [1.54, 1.807) is 6.33 Å². The molecule has 4 aromatic rings. The Hall–Kier alpha value is -3.22. The summed E-state index contributed by atoms with van der Waals surface area (Å²) in [7, 11) is 0. The number of para-hydroxylation sites is 1. The normalized spacial score (nSPS) is 14.8. The van der Waals surface area contributed by atoms with Gasteiger partial charge in [0.1, 0.15) is 12.1 Å². The molecule has 0 bridgehead atoms. The highest BCUT2D eigenvalue weighted by Gasteiger charge is 2.17. The van der Waals surface area contributed by atoms with Gasteiger partial charge in [0.2, 0.25) is 0 Å². The van der Waals surface area contributed by atoms with E-state index in [1.807, 2.05) is 24.3 Å². The number of anilines is 1. The SMILES string of the molecule is c1ccc(-c2cn(-c3ccccc3)c3ncnc(NCCN4CCOCC4)c23)cc1. The second-order valence-corrected chi connectivity index (χ2v) is 7.42. The van der Waals surface area contributed by atoms with Gasteiger partial charge in [0.05, 0.1) is 18.6 Å². The first-order chi connectivity index (χ1) is 14.9. The van der Waals surface area contributed by atoms with Gasteiger partial charge in [-0.3, -0.25) is 4.90 Å². The summed E-state index contributed by atoms with van der Waals surface area (Å²) in [6.07, 6.45) is 3.81. The van der Waals surface area contributed by atoms with Crippen LogP contribution >= 0.6 is 0 Å². The molecule has 6 heteroatoms. The van der Waals surface area contributed by atoms with Gasteiger partial charge in [0.25, 0.3) is 0 Å². The number of fused-ring (bicyclic) bond motifs is 1. The molecule has 0 unspecified atom stereocenters. The maximum Gasteiger partial charge on any atom is 0.150 e. The average molecular weight is 399 g/mol. The molecule has 0 atom stereocenters. The van der Waals surface area contributed by atoms with Crippen LogP contribution in [-0.2, 0) is 4.74 Å². The Morgan fingerprint density at radius 3 is 2.40 bits per heavy atom. The number of aromatic nitrogens is 3. The molecule has 2 aromatic heterocycles. The van der Waals surface area contributed by atoms with E-state index in [-0.39, 0.29) is 0 Å². The molecule has 2 aromatic carbocycles. The van der Waals surface area contributed by atoms with Crippen molar-refractivity contribution in [2.24, 2.45) is 0 Å². The maximum absolute atomic E-state index is 5.45. The lowest BCUT2D eigenvalue weighted by molar-refractivity contribution is 0.0398. The Balaban J connectivity index is 1.53. The van der Waals surface area contributed by atoms with Crippen molar-refractivity contribution in [2.75, 3.05) is 44.7 Å². The van der Waals surface area contributed by atoms with Crippen LogP contribution in [0.4, 0.5) is 5.82 Å². The molecule has 1 N–H and O–H groups in total. The first-order valence-corrected chi connectivity index (χ1v) is 10.4. The van der Waals surface area contributed by atoms with Crippen LogP contribution in [0.25, 0.3) is 27.8 Å². The molecular formula is C24H25N5O. The summed E-state index contributed by atoms with van der Waals surface area (Å²) in [5.74, 6) is 0.877. The van der Waals surface area contributed by atoms with Crippen molar-refractivity contribution in [3.05, 3.63) is 73.2 Å². The largest absolute Gasteiger partial charge is 0.379 e. The molecule has 0 saturated carbocycles. The van der Waals surface area contributed by atoms with Gasteiger partial charge in [-0.25, -0.2) is 9.97 Å². The molecule has 5 rings (SSSR count). The fourth-order valence-electron chi connectivity index (χ4n) is 3.97. The number of hydrogen-bond donors (Lipinski definition) is 1. The van der Waals surface area contributed by atoms with Crippen molar-refractivity contribution in [1.82, 2.24) is 19.4 Å². The molecule has 1 fully saturated rings. The van der Waals surface area contributed by atoms with E-state index in [1.165, 1.54) is 0 Å². The Kier molecular flexibility index (Phi) is 5.42. The van der Waals surface area contributed by atoms with Gasteiger partial charge in [0, 0.05) is 43.6 Å². The van der Waals surface area contributed by atoms with Gasteiger partial charge >= 0.3 is 0 Å². The topological polar surface area (TPSA) is 55.2 Å². The highest BCUT2D eigenvalue weighted by molar-refractivity contribution is 6.02. The van der Waals surface area contributed by atoms with Crippen LogP contribution in [0.1, 0.15) is 0 Å². The number of hydrogen-bond acceptors (Lipinski definition) is 5. The van der Waals surface area contributed by atoms with Crippen LogP contribution in [-0.4, -0.2) is 58.8 Å². The van der Waals surface area contributed by atoms with E-state index in [4.69, 9.17) is 4.74 Å². The molecule has 0 amide bonds. The minimum absolute atomic E-state index is 0.815. The summed E-state index contributed by atoms with van der Waals surface area (Å²) in [5, 5.41) is 4.61. The zero-order valence-electron chi connectivity index (χ0n) is 16.9. The third-order valence-electron chi connectivity index (χ3n) is 5.53. The summed E-state index contributed by atoms with van der Waals surface area (Å²) >= 11 is 0. The molecule has 0 radical (unpaired) electrons. The Labute approximate surface area is 176 Å². The van der Waals surface area contributed by atoms with E-state index in [2.05, 4.69) is 67.3 Å². The van der Waals surface area contributed by atoms with Crippen LogP contribution in [0, 0.1) is 0 Å². The zero-order valence-corrected chi connectivity index (χ0v) is 16.9. The van der Waals surface area contributed by atoms with Crippen molar-refractivity contribution in [2.45, 2.75) is 0 Å². The van der Waals surface area contributed by atoms with Crippen molar-refractivity contribution < 1.29 is 4.74 Å². The molecule has 1 aliphatic rings. The van der Waals surface area contributed by atoms with Crippen LogP contribution < -0.4 is 5.32 Å². The molecule has 3 heterocycles. The van der Waals surface area contributed by atoms with Gasteiger partial charge in [-0.1, -0.05) is 48.5 Å². The standard InChI is InChI=1S/C24H25N5O/c1-3-7-19(8-4-1)21-17-29(20-9-5-2-6-10-20)24-22(21)23(26-18-27-24)25-11-12-28-13-15-30-16-14-28/h1-10,17-18H,11-16H2,(H,25,26,27). The molecule has 30 heavy (non-hydrogen) atoms. The van der Waals surface area contributed by atoms with Crippen LogP contribution in [0.3, 0.4) is 0 Å². The third-order valence-corrected chi connectivity index (χ3v) is 5.53. The summed E-state index contributed by atoms with van der Waals surface area (Å²) in [6.45, 7) is 5.40. The molecular weight excluding hydrogens is 374 g/mol. The summed E-state index contributed by atoms with van der Waals surface area (Å²) < 4.78 is 7.59. The first-order valence-electron chi connectivity index (χ1n) is 10.4. The molecule has 1 saturated heterocycles. The summed E-state index contributed by atoms with van der Waals surface area (Å²) in [4.78, 5) is 11.7. The summed E-state index contributed by atoms with van der Waals surface area (Å²) in [6, 6.07) is 20.8. The van der Waals surface area contributed by atoms with Gasteiger partial charge in [-0.15, -0.1) is 0 Å². The third kappa shape index (κ3) is 3.79. The molecule has 0 aliphatic carbocycles. The lowest BCUT2D eigenvalue weighted by Gasteiger charge is -2.26. The maximum atomic E-state index is 5.45. The first kappa shape index (κ1) is 18.8. The Bertz CT molecular complexity index is 1100. The number of benzene rings is 2. The van der Waals surface area contributed by atoms with Crippen LogP contribution in [0.5, 0.6) is 0 Å². The fourth-order valence-corrected chi connectivity index (χ4v) is 3.97. The van der Waals surface area contributed by atoms with Gasteiger partial charge < -0.3 is 14.6 Å². The van der Waals surface area contributed by atoms with Gasteiger partial charge in [-0.2, -0.15) is 0 Å². The average Bonchev–Trinajstić information content (AvgIpc) is 3.22. The van der Waals surface area contributed by atoms with E-state index in [0.717, 1.165) is 73.1 Å². The predicted octanol–water partition coefficient (Wildman–Crippen LogP) is 3.83. The second-order valence-electron chi connectivity index (χ2n) is 7.42. The number of rotatable bonds is 6. The summed E-state index contributed by atoms with van der Waals surface area (Å²) in [5.41, 5.74) is 4.28. The molecule has 1 aliphatic heterocycles. The van der Waals surface area contributed by atoms with Crippen molar-refractivity contribution in [3.63, 3.8) is 0 Å². The second kappa shape index (κ2) is 8.65. The van der Waals surface area contributed by atoms with E-state index in [0.29, 0.717) is 0 Å². The van der Waals surface area contributed by atoms with Crippen molar-refractivity contribution in [3.8, 4) is 16.8 Å². The molecule has 0 spiro atoms. The highest BCUT2D eigenvalue weighted by Crippen LogP contribution is 2.35. The number of morpholine rings is 1. The number of nitrogens with zero attached hydrogens (tertiary/aromatic N) is 4. The Morgan fingerprint density at radius 1 is 0.900 bits per heavy atom. The van der Waals surface area contributed by atoms with E-state index >= 15 is 0 Å². The lowest BCUT2D eigenvalue weighted by atomic mass is 10.1. The predicted molar refractivity (Wildman–Crippen MR) is 120 cm³/mol. The van der Waals surface area contributed by atoms with E-state index < -0.39 is 0 Å². The van der Waals surface area contributed by atoms with Crippen molar-refractivity contribution >= 4 is 16.9 Å². The Morgan fingerprint density at radius 2 is 1.63 bits per heavy atom. The monoisotopic (exact) mass is 399 g/mol.